The lowest BCUT2D eigenvalue weighted by Gasteiger charge is -2.26. The van der Waals surface area contributed by atoms with Gasteiger partial charge in [0.2, 0.25) is 5.91 Å². The molecule has 0 aliphatic heterocycles. The van der Waals surface area contributed by atoms with Gasteiger partial charge in [0, 0.05) is 19.0 Å². The number of unbranched alkanes of at least 4 members (excludes halogenated alkanes) is 1. The van der Waals surface area contributed by atoms with Crippen molar-refractivity contribution in [3.8, 4) is 11.5 Å². The molecule has 0 heterocycles. The van der Waals surface area contributed by atoms with Crippen LogP contribution in [0.1, 0.15) is 56.6 Å². The number of methoxy groups -OCH3 is 1. The molecule has 0 aromatic heterocycles. The Hall–Kier alpha value is -2.49. The van der Waals surface area contributed by atoms with Gasteiger partial charge in [-0.3, -0.25) is 4.79 Å². The Morgan fingerprint density at radius 1 is 1.03 bits per heavy atom. The van der Waals surface area contributed by atoms with E-state index in [0.29, 0.717) is 24.8 Å². The van der Waals surface area contributed by atoms with Gasteiger partial charge in [0.15, 0.2) is 11.5 Å². The number of amides is 1. The molecule has 0 bridgehead atoms. The number of ether oxygens (including phenoxy) is 2. The molecule has 1 amide bonds. The summed E-state index contributed by atoms with van der Waals surface area (Å²) in [6.07, 6.45) is 6.56. The van der Waals surface area contributed by atoms with Crippen LogP contribution in [0.2, 0.25) is 0 Å². The van der Waals surface area contributed by atoms with E-state index in [2.05, 4.69) is 6.92 Å². The maximum absolute atomic E-state index is 13.0. The van der Waals surface area contributed by atoms with Crippen LogP contribution in [0.3, 0.4) is 0 Å². The smallest absolute Gasteiger partial charge is 0.225 e. The SMILES string of the molecule is CCCCN(Cc1ccc(OCc2ccccc2)c(OC)c1)C(=O)C1CCCC1. The van der Waals surface area contributed by atoms with Gasteiger partial charge in [0.05, 0.1) is 7.11 Å². The van der Waals surface area contributed by atoms with E-state index >= 15 is 0 Å². The minimum absolute atomic E-state index is 0.210. The third-order valence-electron chi connectivity index (χ3n) is 5.64. The summed E-state index contributed by atoms with van der Waals surface area (Å²) >= 11 is 0. The van der Waals surface area contributed by atoms with Gasteiger partial charge in [-0.1, -0.05) is 62.6 Å². The van der Waals surface area contributed by atoms with Crippen molar-refractivity contribution in [2.45, 2.75) is 58.6 Å². The number of nitrogens with zero attached hydrogens (tertiary/aromatic N) is 1. The Morgan fingerprint density at radius 2 is 1.79 bits per heavy atom. The molecular formula is C25H33NO3. The molecule has 4 heteroatoms. The number of carbonyl (C=O) groups is 1. The minimum atomic E-state index is 0.210. The summed E-state index contributed by atoms with van der Waals surface area (Å²) in [7, 11) is 1.66. The maximum atomic E-state index is 13.0. The summed E-state index contributed by atoms with van der Waals surface area (Å²) < 4.78 is 11.5. The van der Waals surface area contributed by atoms with Crippen molar-refractivity contribution in [2.75, 3.05) is 13.7 Å². The molecule has 1 aliphatic rings. The predicted molar refractivity (Wildman–Crippen MR) is 116 cm³/mol. The molecule has 0 N–H and O–H groups in total. The number of hydrogen-bond acceptors (Lipinski definition) is 3. The number of benzene rings is 2. The lowest BCUT2D eigenvalue weighted by atomic mass is 10.1. The van der Waals surface area contributed by atoms with Crippen molar-refractivity contribution >= 4 is 5.91 Å². The largest absolute Gasteiger partial charge is 0.493 e. The highest BCUT2D eigenvalue weighted by molar-refractivity contribution is 5.79. The molecule has 156 valence electrons. The Bertz CT molecular complexity index is 769. The standard InChI is InChI=1S/C25H33NO3/c1-3-4-16-26(25(27)22-12-8-9-13-22)18-21-14-15-23(24(17-21)28-2)29-19-20-10-6-5-7-11-20/h5-7,10-11,14-15,17,22H,3-4,8-9,12-13,16,18-19H2,1-2H3. The van der Waals surface area contributed by atoms with Crippen molar-refractivity contribution < 1.29 is 14.3 Å². The number of rotatable bonds is 10. The molecule has 1 aliphatic carbocycles. The van der Waals surface area contributed by atoms with Gasteiger partial charge in [0.1, 0.15) is 6.61 Å². The third-order valence-corrected chi connectivity index (χ3v) is 5.64. The Kier molecular flexibility index (Phi) is 7.97. The van der Waals surface area contributed by atoms with Gasteiger partial charge in [0.25, 0.3) is 0 Å². The molecular weight excluding hydrogens is 362 g/mol. The van der Waals surface area contributed by atoms with Crippen LogP contribution in [0.4, 0.5) is 0 Å². The third kappa shape index (κ3) is 5.99. The van der Waals surface area contributed by atoms with Crippen molar-refractivity contribution in [3.63, 3.8) is 0 Å². The average Bonchev–Trinajstić information content (AvgIpc) is 3.30. The van der Waals surface area contributed by atoms with Gasteiger partial charge in [-0.05, 0) is 42.5 Å². The first-order valence-corrected chi connectivity index (χ1v) is 10.8. The van der Waals surface area contributed by atoms with E-state index in [4.69, 9.17) is 9.47 Å². The molecule has 0 saturated heterocycles. The van der Waals surface area contributed by atoms with Crippen LogP contribution in [-0.2, 0) is 17.9 Å². The van der Waals surface area contributed by atoms with E-state index in [9.17, 15) is 4.79 Å². The van der Waals surface area contributed by atoms with Crippen molar-refractivity contribution in [3.05, 3.63) is 59.7 Å². The van der Waals surface area contributed by atoms with Crippen LogP contribution in [0.15, 0.2) is 48.5 Å². The topological polar surface area (TPSA) is 38.8 Å². The zero-order valence-corrected chi connectivity index (χ0v) is 17.7. The molecule has 4 nitrogen and oxygen atoms in total. The highest BCUT2D eigenvalue weighted by Crippen LogP contribution is 2.31. The molecule has 0 radical (unpaired) electrons. The molecule has 1 saturated carbocycles. The molecule has 0 unspecified atom stereocenters. The van der Waals surface area contributed by atoms with Crippen LogP contribution >= 0.6 is 0 Å². The van der Waals surface area contributed by atoms with Crippen LogP contribution in [0, 0.1) is 5.92 Å². The quantitative estimate of drug-likeness (QED) is 0.526. The van der Waals surface area contributed by atoms with E-state index < -0.39 is 0 Å². The Labute approximate surface area is 174 Å². The molecule has 2 aromatic rings. The second-order valence-corrected chi connectivity index (χ2v) is 7.85. The highest BCUT2D eigenvalue weighted by Gasteiger charge is 2.27. The van der Waals surface area contributed by atoms with E-state index in [1.165, 1.54) is 12.8 Å². The first-order chi connectivity index (χ1) is 14.2. The van der Waals surface area contributed by atoms with Gasteiger partial charge < -0.3 is 14.4 Å². The Balaban J connectivity index is 1.68. The zero-order valence-electron chi connectivity index (χ0n) is 17.7. The minimum Gasteiger partial charge on any atom is -0.493 e. The fraction of sp³-hybridized carbons (Fsp3) is 0.480. The molecule has 1 fully saturated rings. The monoisotopic (exact) mass is 395 g/mol. The van der Waals surface area contributed by atoms with Crippen molar-refractivity contribution in [1.82, 2.24) is 4.90 Å². The van der Waals surface area contributed by atoms with Crippen molar-refractivity contribution in [1.29, 1.82) is 0 Å². The lowest BCUT2D eigenvalue weighted by Crippen LogP contribution is -2.35. The average molecular weight is 396 g/mol. The second kappa shape index (κ2) is 10.9. The molecule has 29 heavy (non-hydrogen) atoms. The normalized spacial score (nSPS) is 14.0. The number of hydrogen-bond donors (Lipinski definition) is 0. The summed E-state index contributed by atoms with van der Waals surface area (Å²) in [5, 5.41) is 0. The summed E-state index contributed by atoms with van der Waals surface area (Å²) in [4.78, 5) is 15.0. The zero-order chi connectivity index (χ0) is 20.5. The van der Waals surface area contributed by atoms with Gasteiger partial charge in [-0.15, -0.1) is 0 Å². The number of carbonyl (C=O) groups excluding carboxylic acids is 1. The van der Waals surface area contributed by atoms with Crippen LogP contribution in [-0.4, -0.2) is 24.5 Å². The fourth-order valence-electron chi connectivity index (χ4n) is 3.93. The first kappa shape index (κ1) is 21.2. The second-order valence-electron chi connectivity index (χ2n) is 7.85. The van der Waals surface area contributed by atoms with E-state index in [1.807, 2.05) is 53.4 Å². The lowest BCUT2D eigenvalue weighted by molar-refractivity contribution is -0.136. The predicted octanol–water partition coefficient (Wildman–Crippen LogP) is 5.59. The Morgan fingerprint density at radius 3 is 2.48 bits per heavy atom. The van der Waals surface area contributed by atoms with E-state index in [-0.39, 0.29) is 5.92 Å². The van der Waals surface area contributed by atoms with Gasteiger partial charge >= 0.3 is 0 Å². The summed E-state index contributed by atoms with van der Waals surface area (Å²) in [6, 6.07) is 16.1. The first-order valence-electron chi connectivity index (χ1n) is 10.8. The van der Waals surface area contributed by atoms with Crippen LogP contribution in [0.5, 0.6) is 11.5 Å². The highest BCUT2D eigenvalue weighted by atomic mass is 16.5. The van der Waals surface area contributed by atoms with E-state index in [1.54, 1.807) is 7.11 Å². The summed E-state index contributed by atoms with van der Waals surface area (Å²) in [5.74, 6) is 1.96. The molecule has 0 atom stereocenters. The molecule has 0 spiro atoms. The van der Waals surface area contributed by atoms with Crippen LogP contribution in [0.25, 0.3) is 0 Å². The molecule has 3 rings (SSSR count). The fourth-order valence-corrected chi connectivity index (χ4v) is 3.93. The van der Waals surface area contributed by atoms with Crippen molar-refractivity contribution in [2.24, 2.45) is 5.92 Å². The van der Waals surface area contributed by atoms with E-state index in [0.717, 1.165) is 49.1 Å². The summed E-state index contributed by atoms with van der Waals surface area (Å²) in [6.45, 7) is 4.12. The van der Waals surface area contributed by atoms with Gasteiger partial charge in [-0.2, -0.15) is 0 Å². The molecule has 2 aromatic carbocycles. The maximum Gasteiger partial charge on any atom is 0.225 e. The van der Waals surface area contributed by atoms with Crippen LogP contribution < -0.4 is 9.47 Å². The van der Waals surface area contributed by atoms with Gasteiger partial charge in [-0.25, -0.2) is 0 Å². The summed E-state index contributed by atoms with van der Waals surface area (Å²) in [5.41, 5.74) is 2.20.